The second-order valence-corrected chi connectivity index (χ2v) is 8.91. The maximum atomic E-state index is 13.7. The molecule has 7 nitrogen and oxygen atoms in total. The summed E-state index contributed by atoms with van der Waals surface area (Å²) >= 11 is 0. The number of aromatic nitrogens is 2. The number of pyridine rings is 2. The molecule has 1 fully saturated rings. The highest BCUT2D eigenvalue weighted by Gasteiger charge is 2.43. The fourth-order valence-electron chi connectivity index (χ4n) is 4.00. The van der Waals surface area contributed by atoms with E-state index in [0.717, 1.165) is 31.7 Å². The van der Waals surface area contributed by atoms with Crippen LogP contribution < -0.4 is 10.7 Å². The van der Waals surface area contributed by atoms with Gasteiger partial charge in [-0.1, -0.05) is 32.8 Å². The minimum absolute atomic E-state index is 0.107. The maximum absolute atomic E-state index is 13.7. The Hall–Kier alpha value is -3.17. The summed E-state index contributed by atoms with van der Waals surface area (Å²) in [6.07, 6.45) is 2.55. The lowest BCUT2D eigenvalue weighted by atomic mass is 10.1. The standard InChI is InChI=1S/C24H29F3N4O3/c1-16(2)13-30-14-17(20(32)18(15-30)23(34)31-11-7-3-4-8-12-31)22(33)29-21(24(25,26)27)19-9-5-6-10-28-19/h5-6,9-10,14-16,21H,3-4,7-8,11-13H2,1-2H3,(H,29,33)/t21-/m0/s1. The number of halogens is 3. The van der Waals surface area contributed by atoms with Crippen LogP contribution in [0.25, 0.3) is 0 Å². The molecule has 0 aromatic carbocycles. The number of rotatable bonds is 6. The third-order valence-electron chi connectivity index (χ3n) is 5.61. The number of nitrogens with one attached hydrogen (secondary N) is 1. The quantitative estimate of drug-likeness (QED) is 0.682. The minimum atomic E-state index is -4.83. The van der Waals surface area contributed by atoms with Crippen molar-refractivity contribution in [3.8, 4) is 0 Å². The van der Waals surface area contributed by atoms with E-state index in [1.54, 1.807) is 4.90 Å². The molecule has 1 N–H and O–H groups in total. The number of amides is 2. The third kappa shape index (κ3) is 6.24. The summed E-state index contributed by atoms with van der Waals surface area (Å²) < 4.78 is 42.7. The van der Waals surface area contributed by atoms with Gasteiger partial charge >= 0.3 is 6.18 Å². The first kappa shape index (κ1) is 25.5. The lowest BCUT2D eigenvalue weighted by Crippen LogP contribution is -2.42. The van der Waals surface area contributed by atoms with E-state index in [4.69, 9.17) is 0 Å². The molecule has 3 heterocycles. The Labute approximate surface area is 196 Å². The highest BCUT2D eigenvalue weighted by atomic mass is 19.4. The number of alkyl halides is 3. The van der Waals surface area contributed by atoms with E-state index in [-0.39, 0.29) is 11.5 Å². The minimum Gasteiger partial charge on any atom is -0.352 e. The number of carbonyl (C=O) groups excluding carboxylic acids is 2. The molecular formula is C24H29F3N4O3. The predicted octanol–water partition coefficient (Wildman–Crippen LogP) is 3.95. The van der Waals surface area contributed by atoms with Crippen LogP contribution in [0.1, 0.15) is 72.0 Å². The molecular weight excluding hydrogens is 449 g/mol. The Morgan fingerprint density at radius 1 is 1.06 bits per heavy atom. The Morgan fingerprint density at radius 2 is 1.71 bits per heavy atom. The molecule has 2 aromatic heterocycles. The van der Waals surface area contributed by atoms with Crippen LogP contribution >= 0.6 is 0 Å². The van der Waals surface area contributed by atoms with Gasteiger partial charge in [-0.05, 0) is 30.9 Å². The van der Waals surface area contributed by atoms with Gasteiger partial charge in [-0.3, -0.25) is 19.4 Å². The van der Waals surface area contributed by atoms with Crippen molar-refractivity contribution >= 4 is 11.8 Å². The molecule has 1 atom stereocenters. The van der Waals surface area contributed by atoms with Gasteiger partial charge in [-0.25, -0.2) is 0 Å². The molecule has 3 rings (SSSR count). The lowest BCUT2D eigenvalue weighted by molar-refractivity contribution is -0.156. The van der Waals surface area contributed by atoms with Crippen molar-refractivity contribution in [1.29, 1.82) is 0 Å². The van der Waals surface area contributed by atoms with Crippen molar-refractivity contribution in [1.82, 2.24) is 19.8 Å². The third-order valence-corrected chi connectivity index (χ3v) is 5.61. The Bertz CT molecular complexity index is 1060. The topological polar surface area (TPSA) is 84.3 Å². The molecule has 0 saturated carbocycles. The van der Waals surface area contributed by atoms with Crippen molar-refractivity contribution in [2.75, 3.05) is 13.1 Å². The van der Waals surface area contributed by atoms with Gasteiger partial charge in [0, 0.05) is 38.2 Å². The van der Waals surface area contributed by atoms with Crippen molar-refractivity contribution in [3.63, 3.8) is 0 Å². The molecule has 10 heteroatoms. The zero-order valence-electron chi connectivity index (χ0n) is 19.3. The van der Waals surface area contributed by atoms with Gasteiger partial charge in [0.25, 0.3) is 11.8 Å². The van der Waals surface area contributed by atoms with E-state index in [1.807, 2.05) is 19.2 Å². The van der Waals surface area contributed by atoms with Crippen molar-refractivity contribution in [2.45, 2.75) is 58.3 Å². The first-order valence-corrected chi connectivity index (χ1v) is 11.4. The van der Waals surface area contributed by atoms with Crippen LogP contribution in [-0.2, 0) is 6.54 Å². The van der Waals surface area contributed by atoms with Gasteiger partial charge < -0.3 is 14.8 Å². The number of hydrogen-bond donors (Lipinski definition) is 1. The molecule has 0 aliphatic carbocycles. The van der Waals surface area contributed by atoms with Crippen LogP contribution in [0.2, 0.25) is 0 Å². The molecule has 1 saturated heterocycles. The summed E-state index contributed by atoms with van der Waals surface area (Å²) in [4.78, 5) is 44.6. The molecule has 1 aliphatic rings. The van der Waals surface area contributed by atoms with Gasteiger partial charge in [-0.15, -0.1) is 0 Å². The number of hydrogen-bond acceptors (Lipinski definition) is 4. The number of carbonyl (C=O) groups is 2. The van der Waals surface area contributed by atoms with Crippen LogP contribution in [0.5, 0.6) is 0 Å². The Morgan fingerprint density at radius 3 is 2.26 bits per heavy atom. The van der Waals surface area contributed by atoms with E-state index >= 15 is 0 Å². The summed E-state index contributed by atoms with van der Waals surface area (Å²) in [7, 11) is 0. The molecule has 0 bridgehead atoms. The first-order valence-electron chi connectivity index (χ1n) is 11.4. The first-order chi connectivity index (χ1) is 16.1. The van der Waals surface area contributed by atoms with E-state index in [9.17, 15) is 27.6 Å². The normalized spacial score (nSPS) is 15.6. The summed E-state index contributed by atoms with van der Waals surface area (Å²) in [6.45, 7) is 5.19. The Kier molecular flexibility index (Phi) is 8.11. The van der Waals surface area contributed by atoms with Crippen LogP contribution in [0.15, 0.2) is 41.6 Å². The zero-order valence-corrected chi connectivity index (χ0v) is 19.3. The van der Waals surface area contributed by atoms with Gasteiger partial charge in [0.15, 0.2) is 6.04 Å². The molecule has 184 valence electrons. The fourth-order valence-corrected chi connectivity index (χ4v) is 4.00. The van der Waals surface area contributed by atoms with Crippen LogP contribution in [0.4, 0.5) is 13.2 Å². The largest absolute Gasteiger partial charge is 0.414 e. The van der Waals surface area contributed by atoms with E-state index in [0.29, 0.717) is 19.6 Å². The highest BCUT2D eigenvalue weighted by Crippen LogP contribution is 2.31. The lowest BCUT2D eigenvalue weighted by Gasteiger charge is -2.23. The van der Waals surface area contributed by atoms with Crippen LogP contribution in [-0.4, -0.2) is 45.5 Å². The molecule has 0 unspecified atom stereocenters. The number of likely N-dealkylation sites (tertiary alicyclic amines) is 1. The van der Waals surface area contributed by atoms with Gasteiger partial charge in [0.1, 0.15) is 11.1 Å². The van der Waals surface area contributed by atoms with Crippen LogP contribution in [0, 0.1) is 5.92 Å². The Balaban J connectivity index is 2.00. The van der Waals surface area contributed by atoms with E-state index in [1.165, 1.54) is 35.3 Å². The smallest absolute Gasteiger partial charge is 0.352 e. The van der Waals surface area contributed by atoms with Gasteiger partial charge in [-0.2, -0.15) is 13.2 Å². The van der Waals surface area contributed by atoms with Gasteiger partial charge in [0.2, 0.25) is 5.43 Å². The molecule has 0 spiro atoms. The second kappa shape index (κ2) is 10.8. The predicted molar refractivity (Wildman–Crippen MR) is 120 cm³/mol. The SMILES string of the molecule is CC(C)Cn1cc(C(=O)N[C@@H](c2ccccn2)C(F)(F)F)c(=O)c(C(=O)N2CCCCCC2)c1. The highest BCUT2D eigenvalue weighted by molar-refractivity contribution is 5.99. The zero-order chi connectivity index (χ0) is 24.9. The summed E-state index contributed by atoms with van der Waals surface area (Å²) in [6, 6.07) is 1.59. The molecule has 1 aliphatic heterocycles. The van der Waals surface area contributed by atoms with E-state index < -0.39 is 40.7 Å². The average molecular weight is 479 g/mol. The molecule has 0 radical (unpaired) electrons. The van der Waals surface area contributed by atoms with Crippen molar-refractivity contribution in [3.05, 3.63) is 63.8 Å². The average Bonchev–Trinajstić information content (AvgIpc) is 3.07. The monoisotopic (exact) mass is 478 g/mol. The maximum Gasteiger partial charge on any atom is 0.414 e. The fraction of sp³-hybridized carbons (Fsp3) is 0.500. The number of nitrogens with zero attached hydrogens (tertiary/aromatic N) is 3. The van der Waals surface area contributed by atoms with Crippen molar-refractivity contribution in [2.24, 2.45) is 5.92 Å². The molecule has 2 aromatic rings. The van der Waals surface area contributed by atoms with E-state index in [2.05, 4.69) is 4.98 Å². The molecule has 2 amide bonds. The van der Waals surface area contributed by atoms with Crippen molar-refractivity contribution < 1.29 is 22.8 Å². The summed E-state index contributed by atoms with van der Waals surface area (Å²) in [5.41, 5.74) is -2.00. The second-order valence-electron chi connectivity index (χ2n) is 8.91. The molecule has 34 heavy (non-hydrogen) atoms. The summed E-state index contributed by atoms with van der Waals surface area (Å²) in [5.74, 6) is -1.60. The summed E-state index contributed by atoms with van der Waals surface area (Å²) in [5, 5.41) is 1.90. The van der Waals surface area contributed by atoms with Gasteiger partial charge in [0.05, 0.1) is 5.69 Å². The van der Waals surface area contributed by atoms with Crippen LogP contribution in [0.3, 0.4) is 0 Å².